The lowest BCUT2D eigenvalue weighted by atomic mass is 9.99. The van der Waals surface area contributed by atoms with Crippen molar-refractivity contribution in [2.24, 2.45) is 0 Å². The molecule has 0 radical (unpaired) electrons. The van der Waals surface area contributed by atoms with E-state index in [0.717, 1.165) is 23.2 Å². The fraction of sp³-hybridized carbons (Fsp3) is 0.107. The Morgan fingerprint density at radius 3 is 2.27 bits per heavy atom. The van der Waals surface area contributed by atoms with Crippen LogP contribution in [0.3, 0.4) is 0 Å². The maximum absolute atomic E-state index is 13.4. The standard InChI is InChI=1S/C28H22N4O/c33-28(31-17-15-21-8-4-5-9-24(21)19-31)25-18-30-32-26(14-16-29-27(25)32)23-12-10-22(11-13-23)20-6-2-1-3-7-20/h1-14,16,18H,15,17,19H2. The Morgan fingerprint density at radius 2 is 1.45 bits per heavy atom. The second-order valence-electron chi connectivity index (χ2n) is 8.31. The fourth-order valence-electron chi connectivity index (χ4n) is 4.56. The van der Waals surface area contributed by atoms with Crippen molar-refractivity contribution in [1.82, 2.24) is 19.5 Å². The minimum Gasteiger partial charge on any atom is -0.334 e. The number of hydrogen-bond donors (Lipinski definition) is 0. The highest BCUT2D eigenvalue weighted by Crippen LogP contribution is 2.26. The van der Waals surface area contributed by atoms with Gasteiger partial charge in [0.2, 0.25) is 0 Å². The largest absolute Gasteiger partial charge is 0.334 e. The van der Waals surface area contributed by atoms with Crippen LogP contribution < -0.4 is 0 Å². The van der Waals surface area contributed by atoms with Gasteiger partial charge in [0.15, 0.2) is 5.65 Å². The second kappa shape index (κ2) is 8.02. The summed E-state index contributed by atoms with van der Waals surface area (Å²) >= 11 is 0. The monoisotopic (exact) mass is 430 g/mol. The molecular formula is C28H22N4O. The van der Waals surface area contributed by atoms with Gasteiger partial charge >= 0.3 is 0 Å². The van der Waals surface area contributed by atoms with Gasteiger partial charge in [0.25, 0.3) is 5.91 Å². The normalized spacial score (nSPS) is 13.2. The van der Waals surface area contributed by atoms with Gasteiger partial charge in [0, 0.05) is 24.8 Å². The van der Waals surface area contributed by atoms with Crippen LogP contribution in [0.1, 0.15) is 21.5 Å². The first kappa shape index (κ1) is 19.4. The van der Waals surface area contributed by atoms with Crippen molar-refractivity contribution in [1.29, 1.82) is 0 Å². The van der Waals surface area contributed by atoms with Crippen molar-refractivity contribution in [3.05, 3.63) is 114 Å². The Kier molecular flexibility index (Phi) is 4.73. The van der Waals surface area contributed by atoms with E-state index in [1.165, 1.54) is 16.7 Å². The summed E-state index contributed by atoms with van der Waals surface area (Å²) in [4.78, 5) is 19.8. The van der Waals surface area contributed by atoms with E-state index in [2.05, 4.69) is 64.7 Å². The maximum Gasteiger partial charge on any atom is 0.259 e. The number of nitrogens with zero attached hydrogens (tertiary/aromatic N) is 4. The molecule has 0 bridgehead atoms. The molecule has 0 atom stereocenters. The first-order valence-corrected chi connectivity index (χ1v) is 11.1. The van der Waals surface area contributed by atoms with Crippen molar-refractivity contribution in [3.8, 4) is 22.4 Å². The molecule has 0 aliphatic carbocycles. The van der Waals surface area contributed by atoms with E-state index in [-0.39, 0.29) is 5.91 Å². The smallest absolute Gasteiger partial charge is 0.259 e. The topological polar surface area (TPSA) is 50.5 Å². The van der Waals surface area contributed by atoms with Gasteiger partial charge in [-0.3, -0.25) is 4.79 Å². The SMILES string of the molecule is O=C(c1cnn2c(-c3ccc(-c4ccccc4)cc3)ccnc12)N1CCc2ccccc2C1. The summed E-state index contributed by atoms with van der Waals surface area (Å²) in [7, 11) is 0. The van der Waals surface area contributed by atoms with Crippen LogP contribution in [-0.2, 0) is 13.0 Å². The Morgan fingerprint density at radius 1 is 0.758 bits per heavy atom. The van der Waals surface area contributed by atoms with Crippen LogP contribution in [0.25, 0.3) is 28.0 Å². The fourth-order valence-corrected chi connectivity index (χ4v) is 4.56. The lowest BCUT2D eigenvalue weighted by molar-refractivity contribution is 0.0736. The third-order valence-electron chi connectivity index (χ3n) is 6.34. The Bertz CT molecular complexity index is 1450. The van der Waals surface area contributed by atoms with Crippen molar-refractivity contribution < 1.29 is 4.79 Å². The summed E-state index contributed by atoms with van der Waals surface area (Å²) in [5.74, 6) is -0.0245. The zero-order chi connectivity index (χ0) is 22.2. The molecule has 160 valence electrons. The quantitative estimate of drug-likeness (QED) is 0.392. The predicted molar refractivity (Wildman–Crippen MR) is 129 cm³/mol. The van der Waals surface area contributed by atoms with E-state index in [4.69, 9.17) is 0 Å². The molecule has 0 spiro atoms. The molecule has 1 aliphatic heterocycles. The molecule has 0 unspecified atom stereocenters. The van der Waals surface area contributed by atoms with Gasteiger partial charge in [0.1, 0.15) is 5.56 Å². The molecule has 0 saturated heterocycles. The van der Waals surface area contributed by atoms with Crippen LogP contribution in [0.15, 0.2) is 97.3 Å². The molecular weight excluding hydrogens is 408 g/mol. The van der Waals surface area contributed by atoms with E-state index >= 15 is 0 Å². The van der Waals surface area contributed by atoms with Gasteiger partial charge in [-0.05, 0) is 34.7 Å². The molecule has 6 rings (SSSR count). The molecule has 5 heteroatoms. The molecule has 1 amide bonds. The maximum atomic E-state index is 13.4. The van der Waals surface area contributed by atoms with Crippen LogP contribution in [0.4, 0.5) is 0 Å². The van der Waals surface area contributed by atoms with Gasteiger partial charge in [-0.15, -0.1) is 0 Å². The Labute approximate surface area is 192 Å². The summed E-state index contributed by atoms with van der Waals surface area (Å²) in [5, 5.41) is 4.54. The molecule has 3 aromatic carbocycles. The summed E-state index contributed by atoms with van der Waals surface area (Å²) in [6, 6.07) is 28.9. The molecule has 3 heterocycles. The molecule has 33 heavy (non-hydrogen) atoms. The van der Waals surface area contributed by atoms with Gasteiger partial charge in [0.05, 0.1) is 11.9 Å². The van der Waals surface area contributed by atoms with Crippen molar-refractivity contribution in [2.75, 3.05) is 6.54 Å². The summed E-state index contributed by atoms with van der Waals surface area (Å²) in [6.07, 6.45) is 4.26. The first-order chi connectivity index (χ1) is 16.3. The molecule has 0 fully saturated rings. The number of benzene rings is 3. The number of aromatic nitrogens is 3. The van der Waals surface area contributed by atoms with Gasteiger partial charge in [-0.2, -0.15) is 5.10 Å². The molecule has 1 aliphatic rings. The molecule has 5 aromatic rings. The summed E-state index contributed by atoms with van der Waals surface area (Å²) in [5.41, 5.74) is 7.92. The zero-order valence-corrected chi connectivity index (χ0v) is 18.1. The third kappa shape index (κ3) is 3.48. The average Bonchev–Trinajstić information content (AvgIpc) is 3.33. The van der Waals surface area contributed by atoms with E-state index in [0.29, 0.717) is 24.3 Å². The van der Waals surface area contributed by atoms with Crippen molar-refractivity contribution in [3.63, 3.8) is 0 Å². The number of rotatable bonds is 3. The Balaban J connectivity index is 1.32. The van der Waals surface area contributed by atoms with E-state index in [1.54, 1.807) is 16.9 Å². The highest BCUT2D eigenvalue weighted by Gasteiger charge is 2.25. The molecule has 2 aromatic heterocycles. The average molecular weight is 431 g/mol. The highest BCUT2D eigenvalue weighted by molar-refractivity contribution is 6.00. The molecule has 0 N–H and O–H groups in total. The first-order valence-electron chi connectivity index (χ1n) is 11.1. The van der Waals surface area contributed by atoms with Gasteiger partial charge in [-0.1, -0.05) is 78.9 Å². The Hall–Kier alpha value is -4.25. The number of carbonyl (C=O) groups excluding carboxylic acids is 1. The minimum absolute atomic E-state index is 0.0245. The zero-order valence-electron chi connectivity index (χ0n) is 18.1. The third-order valence-corrected chi connectivity index (χ3v) is 6.34. The predicted octanol–water partition coefficient (Wildman–Crippen LogP) is 5.26. The van der Waals surface area contributed by atoms with Gasteiger partial charge < -0.3 is 4.90 Å². The van der Waals surface area contributed by atoms with Crippen LogP contribution >= 0.6 is 0 Å². The van der Waals surface area contributed by atoms with E-state index in [9.17, 15) is 4.79 Å². The lowest BCUT2D eigenvalue weighted by Crippen LogP contribution is -2.35. The van der Waals surface area contributed by atoms with Crippen LogP contribution in [0.2, 0.25) is 0 Å². The molecule has 5 nitrogen and oxygen atoms in total. The number of fused-ring (bicyclic) bond motifs is 2. The van der Waals surface area contributed by atoms with Crippen LogP contribution in [0, 0.1) is 0 Å². The van der Waals surface area contributed by atoms with E-state index < -0.39 is 0 Å². The lowest BCUT2D eigenvalue weighted by Gasteiger charge is -2.28. The summed E-state index contributed by atoms with van der Waals surface area (Å²) in [6.45, 7) is 1.32. The second-order valence-corrected chi connectivity index (χ2v) is 8.31. The molecule has 0 saturated carbocycles. The number of hydrogen-bond acceptors (Lipinski definition) is 3. The van der Waals surface area contributed by atoms with Crippen molar-refractivity contribution >= 4 is 11.6 Å². The van der Waals surface area contributed by atoms with Crippen LogP contribution in [0.5, 0.6) is 0 Å². The highest BCUT2D eigenvalue weighted by atomic mass is 16.2. The summed E-state index contributed by atoms with van der Waals surface area (Å²) < 4.78 is 1.77. The number of amides is 1. The van der Waals surface area contributed by atoms with E-state index in [1.807, 2.05) is 35.2 Å². The van der Waals surface area contributed by atoms with Crippen molar-refractivity contribution in [2.45, 2.75) is 13.0 Å². The number of carbonyl (C=O) groups is 1. The minimum atomic E-state index is -0.0245. The van der Waals surface area contributed by atoms with Gasteiger partial charge in [-0.25, -0.2) is 9.50 Å². The van der Waals surface area contributed by atoms with Crippen LogP contribution in [-0.4, -0.2) is 31.9 Å².